The first-order chi connectivity index (χ1) is 24.8. The summed E-state index contributed by atoms with van der Waals surface area (Å²) >= 11 is 1.86. The molecule has 8 aromatic carbocycles. The van der Waals surface area contributed by atoms with Crippen molar-refractivity contribution in [1.82, 2.24) is 14.5 Å². The fraction of sp³-hybridized carbons (Fsp3) is 0. The first-order valence-corrected chi connectivity index (χ1v) is 17.7. The second-order valence-corrected chi connectivity index (χ2v) is 14.0. The maximum absolute atomic E-state index is 5.50. The molecule has 0 saturated heterocycles. The van der Waals surface area contributed by atoms with Gasteiger partial charge in [-0.3, -0.25) is 4.57 Å². The molecule has 0 atom stereocenters. The number of aromatic nitrogens is 3. The van der Waals surface area contributed by atoms with E-state index < -0.39 is 0 Å². The molecule has 0 N–H and O–H groups in total. The van der Waals surface area contributed by atoms with Crippen LogP contribution in [-0.4, -0.2) is 14.5 Å². The fourth-order valence-electron chi connectivity index (χ4n) is 8.00. The van der Waals surface area contributed by atoms with Crippen LogP contribution in [0.5, 0.6) is 0 Å². The van der Waals surface area contributed by atoms with E-state index in [1.165, 1.54) is 63.6 Å². The number of hydrogen-bond acceptors (Lipinski definition) is 3. The molecule has 232 valence electrons. The van der Waals surface area contributed by atoms with Crippen LogP contribution in [0.4, 0.5) is 0 Å². The van der Waals surface area contributed by atoms with E-state index in [9.17, 15) is 0 Å². The topological polar surface area (TPSA) is 30.7 Å². The van der Waals surface area contributed by atoms with E-state index >= 15 is 0 Å². The average molecular weight is 654 g/mol. The predicted molar refractivity (Wildman–Crippen MR) is 213 cm³/mol. The van der Waals surface area contributed by atoms with Crippen molar-refractivity contribution in [2.75, 3.05) is 0 Å². The molecule has 0 aliphatic rings. The Morgan fingerprint density at radius 1 is 0.400 bits per heavy atom. The van der Waals surface area contributed by atoms with E-state index in [1.807, 2.05) is 23.5 Å². The minimum Gasteiger partial charge on any atom is -0.291 e. The maximum Gasteiger partial charge on any atom is 0.165 e. The summed E-state index contributed by atoms with van der Waals surface area (Å²) in [5.74, 6) is 0.825. The van der Waals surface area contributed by atoms with Gasteiger partial charge in [0.2, 0.25) is 0 Å². The third-order valence-corrected chi connectivity index (χ3v) is 11.3. The van der Waals surface area contributed by atoms with Gasteiger partial charge in [-0.05, 0) is 46.0 Å². The number of para-hydroxylation sites is 3. The Bertz CT molecular complexity index is 3150. The zero-order valence-corrected chi connectivity index (χ0v) is 27.7. The van der Waals surface area contributed by atoms with Gasteiger partial charge < -0.3 is 0 Å². The summed E-state index contributed by atoms with van der Waals surface area (Å²) in [7, 11) is 0. The average Bonchev–Trinajstić information content (AvgIpc) is 3.74. The summed E-state index contributed by atoms with van der Waals surface area (Å²) in [4.78, 5) is 10.8. The summed E-state index contributed by atoms with van der Waals surface area (Å²) in [6.45, 7) is 0. The molecule has 0 aliphatic carbocycles. The first kappa shape index (κ1) is 27.6. The van der Waals surface area contributed by atoms with E-state index in [2.05, 4.69) is 156 Å². The van der Waals surface area contributed by atoms with Crippen molar-refractivity contribution < 1.29 is 0 Å². The summed E-state index contributed by atoms with van der Waals surface area (Å²) in [6.07, 6.45) is 0. The lowest BCUT2D eigenvalue weighted by atomic mass is 9.96. The van der Waals surface area contributed by atoms with Crippen LogP contribution in [-0.2, 0) is 0 Å². The second-order valence-electron chi connectivity index (χ2n) is 12.9. The molecular weight excluding hydrogens is 627 g/mol. The predicted octanol–water partition coefficient (Wildman–Crippen LogP) is 12.7. The van der Waals surface area contributed by atoms with Crippen molar-refractivity contribution in [2.24, 2.45) is 0 Å². The van der Waals surface area contributed by atoms with Gasteiger partial charge in [-0.15, -0.1) is 11.3 Å². The van der Waals surface area contributed by atoms with Crippen molar-refractivity contribution in [1.29, 1.82) is 0 Å². The fourth-order valence-corrected chi connectivity index (χ4v) is 9.15. The SMILES string of the molecule is c1ccc(-c2nc3ccccc3nc2-n2c3c(-c4ccc5c(c4)sc4ccccc45)cccc3c3c4ccccc4c4ccccc4c32)cc1. The molecule has 0 unspecified atom stereocenters. The molecule has 0 bridgehead atoms. The summed E-state index contributed by atoms with van der Waals surface area (Å²) < 4.78 is 5.02. The zero-order valence-electron chi connectivity index (χ0n) is 26.8. The molecule has 0 spiro atoms. The van der Waals surface area contributed by atoms with Crippen LogP contribution < -0.4 is 0 Å². The summed E-state index contributed by atoms with van der Waals surface area (Å²) in [5.41, 5.74) is 8.26. The Morgan fingerprint density at radius 2 is 1.02 bits per heavy atom. The van der Waals surface area contributed by atoms with Crippen LogP contribution in [0.25, 0.3) is 103 Å². The largest absolute Gasteiger partial charge is 0.291 e. The van der Waals surface area contributed by atoms with Crippen molar-refractivity contribution in [3.05, 3.63) is 164 Å². The van der Waals surface area contributed by atoms with Crippen LogP contribution in [0.15, 0.2) is 164 Å². The molecule has 0 aliphatic heterocycles. The molecule has 3 nitrogen and oxygen atoms in total. The monoisotopic (exact) mass is 653 g/mol. The van der Waals surface area contributed by atoms with Crippen LogP contribution >= 0.6 is 11.3 Å². The van der Waals surface area contributed by atoms with Crippen molar-refractivity contribution in [3.63, 3.8) is 0 Å². The molecule has 0 saturated carbocycles. The third-order valence-electron chi connectivity index (χ3n) is 10.2. The highest BCUT2D eigenvalue weighted by Crippen LogP contribution is 2.46. The van der Waals surface area contributed by atoms with Gasteiger partial charge in [0, 0.05) is 47.5 Å². The second kappa shape index (κ2) is 10.6. The van der Waals surface area contributed by atoms with E-state index in [-0.39, 0.29) is 0 Å². The molecular formula is C46H27N3S. The van der Waals surface area contributed by atoms with Gasteiger partial charge in [0.25, 0.3) is 0 Å². The quantitative estimate of drug-likeness (QED) is 0.178. The zero-order chi connectivity index (χ0) is 32.8. The minimum absolute atomic E-state index is 0.825. The van der Waals surface area contributed by atoms with Crippen molar-refractivity contribution in [2.45, 2.75) is 0 Å². The number of thiophene rings is 1. The summed E-state index contributed by atoms with van der Waals surface area (Å²) in [5, 5.41) is 9.93. The van der Waals surface area contributed by atoms with Gasteiger partial charge in [-0.25, -0.2) is 9.97 Å². The third kappa shape index (κ3) is 3.91. The standard InChI is InChI=1S/C46H27N3S/c1-2-13-28(14-3-1)43-46(48-39-23-10-9-22-38(39)47-43)49-44-30(29-25-26-34-33-17-8-11-24-40(33)50-41(34)27-29)20-12-21-37(44)42-35-18-6-4-15-31(35)32-16-5-7-19-36(32)45(42)49/h1-27H. The van der Waals surface area contributed by atoms with Crippen molar-refractivity contribution >= 4 is 85.9 Å². The van der Waals surface area contributed by atoms with Crippen LogP contribution in [0.2, 0.25) is 0 Å². The molecule has 3 heterocycles. The Kier molecular flexibility index (Phi) is 5.83. The lowest BCUT2D eigenvalue weighted by molar-refractivity contribution is 1.08. The van der Waals surface area contributed by atoms with Crippen molar-refractivity contribution in [3.8, 4) is 28.2 Å². The van der Waals surface area contributed by atoms with Gasteiger partial charge in [-0.1, -0.05) is 140 Å². The Balaban J connectivity index is 1.37. The molecule has 0 amide bonds. The van der Waals surface area contributed by atoms with Crippen LogP contribution in [0.3, 0.4) is 0 Å². The number of benzene rings is 8. The molecule has 0 radical (unpaired) electrons. The minimum atomic E-state index is 0.825. The molecule has 11 aromatic rings. The lowest BCUT2D eigenvalue weighted by Gasteiger charge is -2.16. The Morgan fingerprint density at radius 3 is 1.84 bits per heavy atom. The first-order valence-electron chi connectivity index (χ1n) is 16.9. The molecule has 0 fully saturated rings. The summed E-state index contributed by atoms with van der Waals surface area (Å²) in [6, 6.07) is 58.8. The van der Waals surface area contributed by atoms with Gasteiger partial charge in [0.1, 0.15) is 5.69 Å². The van der Waals surface area contributed by atoms with E-state index in [0.29, 0.717) is 0 Å². The number of fused-ring (bicyclic) bond motifs is 12. The highest BCUT2D eigenvalue weighted by atomic mass is 32.1. The van der Waals surface area contributed by atoms with Gasteiger partial charge >= 0.3 is 0 Å². The van der Waals surface area contributed by atoms with E-state index in [0.717, 1.165) is 39.1 Å². The Hall–Kier alpha value is -6.36. The molecule has 50 heavy (non-hydrogen) atoms. The van der Waals surface area contributed by atoms with Gasteiger partial charge in [0.05, 0.1) is 22.1 Å². The number of hydrogen-bond donors (Lipinski definition) is 0. The lowest BCUT2D eigenvalue weighted by Crippen LogP contribution is -2.04. The van der Waals surface area contributed by atoms with Crippen LogP contribution in [0.1, 0.15) is 0 Å². The number of nitrogens with zero attached hydrogens (tertiary/aromatic N) is 3. The van der Waals surface area contributed by atoms with E-state index in [1.54, 1.807) is 0 Å². The maximum atomic E-state index is 5.50. The highest BCUT2D eigenvalue weighted by molar-refractivity contribution is 7.25. The van der Waals surface area contributed by atoms with Crippen LogP contribution in [0, 0.1) is 0 Å². The molecule has 3 aromatic heterocycles. The van der Waals surface area contributed by atoms with Gasteiger partial charge in [-0.2, -0.15) is 0 Å². The molecule has 4 heteroatoms. The normalized spacial score (nSPS) is 12.0. The Labute approximate surface area is 291 Å². The van der Waals surface area contributed by atoms with Gasteiger partial charge in [0.15, 0.2) is 5.82 Å². The number of rotatable bonds is 3. The highest BCUT2D eigenvalue weighted by Gasteiger charge is 2.25. The van der Waals surface area contributed by atoms with E-state index in [4.69, 9.17) is 9.97 Å². The smallest absolute Gasteiger partial charge is 0.165 e. The molecule has 11 rings (SSSR count).